The number of hydrogen-bond acceptors (Lipinski definition) is 9. The standard InChI is InChI=1S/C29H40FN3O7S/c1-18(2)26-24(27(20-8-10-21(30)11-9-20)32-29(31-26)33(5)41(6,36)37)13-12-23(40-28(35)19(3)4)16-22(34)17-25-38-14-7-15-39-25/h8-13,18-19,22-23,25,34H,7,14-17H2,1-6H3/b13-12+. The van der Waals surface area contributed by atoms with E-state index in [-0.39, 0.29) is 30.6 Å². The molecule has 0 bridgehead atoms. The van der Waals surface area contributed by atoms with E-state index in [4.69, 9.17) is 14.2 Å². The van der Waals surface area contributed by atoms with E-state index in [9.17, 15) is 22.7 Å². The van der Waals surface area contributed by atoms with Gasteiger partial charge in [0.15, 0.2) is 6.29 Å². The summed E-state index contributed by atoms with van der Waals surface area (Å²) >= 11 is 0. The van der Waals surface area contributed by atoms with Crippen LogP contribution >= 0.6 is 0 Å². The molecule has 12 heteroatoms. The molecule has 1 saturated heterocycles. The molecule has 1 aliphatic rings. The molecule has 10 nitrogen and oxygen atoms in total. The van der Waals surface area contributed by atoms with Gasteiger partial charge in [-0.15, -0.1) is 0 Å². The van der Waals surface area contributed by atoms with Crippen molar-refractivity contribution in [2.24, 2.45) is 5.92 Å². The average molecular weight is 594 g/mol. The summed E-state index contributed by atoms with van der Waals surface area (Å²) < 4.78 is 56.2. The van der Waals surface area contributed by atoms with Gasteiger partial charge in [-0.3, -0.25) is 4.79 Å². The summed E-state index contributed by atoms with van der Waals surface area (Å²) in [5.74, 6) is -1.44. The van der Waals surface area contributed by atoms with Gasteiger partial charge in [0.25, 0.3) is 0 Å². The molecule has 41 heavy (non-hydrogen) atoms. The van der Waals surface area contributed by atoms with Crippen LogP contribution in [0.15, 0.2) is 30.3 Å². The second-order valence-corrected chi connectivity index (χ2v) is 12.7. The van der Waals surface area contributed by atoms with Crippen LogP contribution in [0, 0.1) is 11.7 Å². The molecule has 0 amide bonds. The first-order chi connectivity index (χ1) is 19.3. The van der Waals surface area contributed by atoms with Gasteiger partial charge in [-0.05, 0) is 42.7 Å². The molecule has 2 heterocycles. The molecule has 0 saturated carbocycles. The van der Waals surface area contributed by atoms with Gasteiger partial charge in [0.1, 0.15) is 11.9 Å². The maximum atomic E-state index is 13.8. The smallest absolute Gasteiger partial charge is 0.308 e. The number of benzene rings is 1. The number of rotatable bonds is 12. The quantitative estimate of drug-likeness (QED) is 0.359. The lowest BCUT2D eigenvalue weighted by molar-refractivity contribution is -0.192. The van der Waals surface area contributed by atoms with E-state index >= 15 is 0 Å². The molecule has 1 aromatic heterocycles. The number of aliphatic hydroxyl groups excluding tert-OH is 1. The molecule has 1 N–H and O–H groups in total. The van der Waals surface area contributed by atoms with Crippen LogP contribution in [0.4, 0.5) is 10.3 Å². The molecule has 3 rings (SSSR count). The van der Waals surface area contributed by atoms with Gasteiger partial charge < -0.3 is 19.3 Å². The molecule has 0 spiro atoms. The number of aromatic nitrogens is 2. The Morgan fingerprint density at radius 2 is 1.80 bits per heavy atom. The van der Waals surface area contributed by atoms with Gasteiger partial charge in [0.05, 0.1) is 42.9 Å². The van der Waals surface area contributed by atoms with Crippen molar-refractivity contribution in [1.29, 1.82) is 0 Å². The lowest BCUT2D eigenvalue weighted by atomic mass is 9.97. The monoisotopic (exact) mass is 593 g/mol. The minimum atomic E-state index is -3.67. The van der Waals surface area contributed by atoms with Crippen molar-refractivity contribution < 1.29 is 36.9 Å². The number of ether oxygens (including phenoxy) is 3. The summed E-state index contributed by atoms with van der Waals surface area (Å²) in [4.78, 5) is 21.7. The lowest BCUT2D eigenvalue weighted by Gasteiger charge is -2.26. The summed E-state index contributed by atoms with van der Waals surface area (Å²) in [7, 11) is -2.30. The maximum Gasteiger partial charge on any atom is 0.308 e. The van der Waals surface area contributed by atoms with E-state index in [0.29, 0.717) is 35.7 Å². The number of anilines is 1. The second kappa shape index (κ2) is 14.3. The number of nitrogens with zero attached hydrogens (tertiary/aromatic N) is 3. The Morgan fingerprint density at radius 3 is 2.37 bits per heavy atom. The summed E-state index contributed by atoms with van der Waals surface area (Å²) in [6.07, 6.45) is 3.31. The number of sulfonamides is 1. The van der Waals surface area contributed by atoms with Crippen molar-refractivity contribution in [3.05, 3.63) is 47.4 Å². The fraction of sp³-hybridized carbons (Fsp3) is 0.552. The summed E-state index contributed by atoms with van der Waals surface area (Å²) in [6, 6.07) is 5.68. The number of esters is 1. The van der Waals surface area contributed by atoms with Crippen molar-refractivity contribution in [3.63, 3.8) is 0 Å². The van der Waals surface area contributed by atoms with E-state index < -0.39 is 40.3 Å². The highest BCUT2D eigenvalue weighted by molar-refractivity contribution is 7.92. The fourth-order valence-corrected chi connectivity index (χ4v) is 4.49. The van der Waals surface area contributed by atoms with E-state index in [1.54, 1.807) is 38.1 Å². The molecule has 0 aliphatic carbocycles. The van der Waals surface area contributed by atoms with Crippen LogP contribution in [-0.4, -0.2) is 74.5 Å². The fourth-order valence-electron chi connectivity index (χ4n) is 4.11. The van der Waals surface area contributed by atoms with Gasteiger partial charge in [-0.2, -0.15) is 0 Å². The summed E-state index contributed by atoms with van der Waals surface area (Å²) in [6.45, 7) is 8.36. The Balaban J connectivity index is 2.06. The molecule has 0 radical (unpaired) electrons. The summed E-state index contributed by atoms with van der Waals surface area (Å²) in [5, 5.41) is 10.8. The van der Waals surface area contributed by atoms with Gasteiger partial charge >= 0.3 is 5.97 Å². The zero-order valence-corrected chi connectivity index (χ0v) is 25.2. The number of aliphatic hydroxyl groups is 1. The van der Waals surface area contributed by atoms with Crippen molar-refractivity contribution in [1.82, 2.24) is 9.97 Å². The Kier molecular flexibility index (Phi) is 11.4. The van der Waals surface area contributed by atoms with Crippen molar-refractivity contribution >= 4 is 28.0 Å². The van der Waals surface area contributed by atoms with E-state index in [2.05, 4.69) is 9.97 Å². The minimum absolute atomic E-state index is 0.0293. The van der Waals surface area contributed by atoms with Crippen molar-refractivity contribution in [3.8, 4) is 11.3 Å². The van der Waals surface area contributed by atoms with Crippen LogP contribution in [0.1, 0.15) is 64.1 Å². The number of hydrogen-bond donors (Lipinski definition) is 1. The Hall–Kier alpha value is -2.93. The average Bonchev–Trinajstić information content (AvgIpc) is 2.91. The van der Waals surface area contributed by atoms with Crippen molar-refractivity contribution in [2.75, 3.05) is 30.8 Å². The normalized spacial score (nSPS) is 16.3. The Labute approximate surface area is 241 Å². The molecule has 2 atom stereocenters. The predicted molar refractivity (Wildman–Crippen MR) is 154 cm³/mol. The topological polar surface area (TPSA) is 128 Å². The molecule has 1 fully saturated rings. The minimum Gasteiger partial charge on any atom is -0.458 e. The first kappa shape index (κ1) is 32.6. The number of halogens is 1. The summed E-state index contributed by atoms with van der Waals surface area (Å²) in [5.41, 5.74) is 2.01. The predicted octanol–water partition coefficient (Wildman–Crippen LogP) is 4.29. The van der Waals surface area contributed by atoms with E-state index in [1.165, 1.54) is 19.2 Å². The third-order valence-corrected chi connectivity index (χ3v) is 7.65. The second-order valence-electron chi connectivity index (χ2n) is 10.7. The molecule has 226 valence electrons. The highest BCUT2D eigenvalue weighted by Gasteiger charge is 2.25. The molecule has 2 aromatic rings. The van der Waals surface area contributed by atoms with Crippen molar-refractivity contribution in [2.45, 2.75) is 71.4 Å². The molecule has 1 aromatic carbocycles. The van der Waals surface area contributed by atoms with Crippen LogP contribution < -0.4 is 4.31 Å². The lowest BCUT2D eigenvalue weighted by Crippen LogP contribution is -2.31. The highest BCUT2D eigenvalue weighted by atomic mass is 32.2. The number of carbonyl (C=O) groups excluding carboxylic acids is 1. The number of carbonyl (C=O) groups is 1. The van der Waals surface area contributed by atoms with Crippen LogP contribution in [-0.2, 0) is 29.0 Å². The Bertz CT molecular complexity index is 1310. The first-order valence-electron chi connectivity index (χ1n) is 13.7. The van der Waals surface area contributed by atoms with E-state index in [0.717, 1.165) is 17.0 Å². The van der Waals surface area contributed by atoms with Crippen LogP contribution in [0.3, 0.4) is 0 Å². The molecule has 2 unspecified atom stereocenters. The molecular formula is C29H40FN3O7S. The molecular weight excluding hydrogens is 553 g/mol. The maximum absolute atomic E-state index is 13.8. The van der Waals surface area contributed by atoms with Crippen LogP contribution in [0.5, 0.6) is 0 Å². The van der Waals surface area contributed by atoms with Gasteiger partial charge in [-0.25, -0.2) is 27.1 Å². The first-order valence-corrected chi connectivity index (χ1v) is 15.5. The van der Waals surface area contributed by atoms with Crippen LogP contribution in [0.25, 0.3) is 17.3 Å². The SMILES string of the molecule is CC(C)C(=O)OC(/C=C/c1c(-c2ccc(F)cc2)nc(N(C)S(C)(=O)=O)nc1C(C)C)CC(O)CC1OCCCO1. The largest absolute Gasteiger partial charge is 0.458 e. The Morgan fingerprint density at radius 1 is 1.17 bits per heavy atom. The molecule has 1 aliphatic heterocycles. The van der Waals surface area contributed by atoms with Crippen LogP contribution in [0.2, 0.25) is 0 Å². The highest BCUT2D eigenvalue weighted by Crippen LogP contribution is 2.32. The third kappa shape index (κ3) is 9.29. The zero-order chi connectivity index (χ0) is 30.3. The van der Waals surface area contributed by atoms with Gasteiger partial charge in [-0.1, -0.05) is 33.8 Å². The van der Waals surface area contributed by atoms with Gasteiger partial charge in [0, 0.05) is 31.0 Å². The van der Waals surface area contributed by atoms with E-state index in [1.807, 2.05) is 13.8 Å². The van der Waals surface area contributed by atoms with Gasteiger partial charge in [0.2, 0.25) is 16.0 Å². The zero-order valence-electron chi connectivity index (χ0n) is 24.4. The third-order valence-electron chi connectivity index (χ3n) is 6.49.